The Kier molecular flexibility index (Phi) is 7.94. The van der Waals surface area contributed by atoms with E-state index in [1.165, 1.54) is 5.01 Å². The number of fused-ring (bicyclic) bond motifs is 2. The van der Waals surface area contributed by atoms with E-state index >= 15 is 0 Å². The number of carbonyl (C=O) groups is 3. The molecule has 2 unspecified atom stereocenters. The number of rotatable bonds is 6. The second kappa shape index (κ2) is 11.7. The van der Waals surface area contributed by atoms with Gasteiger partial charge in [-0.25, -0.2) is 4.79 Å². The van der Waals surface area contributed by atoms with E-state index in [9.17, 15) is 14.4 Å². The molecule has 8 nitrogen and oxygen atoms in total. The number of alkyl halides is 2. The quantitative estimate of drug-likeness (QED) is 0.393. The van der Waals surface area contributed by atoms with Gasteiger partial charge in [0.2, 0.25) is 5.91 Å². The van der Waals surface area contributed by atoms with Gasteiger partial charge in [-0.3, -0.25) is 14.6 Å². The van der Waals surface area contributed by atoms with Crippen LogP contribution >= 0.6 is 23.2 Å². The molecule has 4 atom stereocenters. The highest BCUT2D eigenvalue weighted by atomic mass is 35.5. The molecule has 0 bridgehead atoms. The van der Waals surface area contributed by atoms with Crippen molar-refractivity contribution in [3.8, 4) is 0 Å². The molecule has 3 aliphatic rings. The number of piperazine rings is 1. The normalized spacial score (nSPS) is 25.6. The van der Waals surface area contributed by atoms with Gasteiger partial charge in [0, 0.05) is 20.1 Å². The summed E-state index contributed by atoms with van der Waals surface area (Å²) in [6.07, 6.45) is 4.98. The Morgan fingerprint density at radius 1 is 1.05 bits per heavy atom. The average Bonchev–Trinajstić information content (AvgIpc) is 3.33. The van der Waals surface area contributed by atoms with Crippen LogP contribution in [0.25, 0.3) is 10.8 Å². The minimum absolute atomic E-state index is 0.0235. The molecule has 0 radical (unpaired) electrons. The SMILES string of the molecule is CN(C(=O)NCC1=CC(Cl)C(C)(Cl)C=C1)N1CC(=O)N2[C@@H](c3ccccc3)C(=O)N(Cc3cccc4ccccc34)C[C@@H]21. The number of benzene rings is 3. The van der Waals surface area contributed by atoms with E-state index in [0.717, 1.165) is 27.5 Å². The number of hydrogen-bond acceptors (Lipinski definition) is 4. The topological polar surface area (TPSA) is 76.2 Å². The van der Waals surface area contributed by atoms with Crippen LogP contribution in [-0.2, 0) is 16.1 Å². The first-order valence-electron chi connectivity index (χ1n) is 14.3. The summed E-state index contributed by atoms with van der Waals surface area (Å²) in [4.78, 5) is 43.7. The first kappa shape index (κ1) is 29.2. The fourth-order valence-electron chi connectivity index (χ4n) is 6.03. The van der Waals surface area contributed by atoms with Crippen molar-refractivity contribution in [1.82, 2.24) is 25.1 Å². The summed E-state index contributed by atoms with van der Waals surface area (Å²) in [6, 6.07) is 22.4. The minimum atomic E-state index is -0.799. The molecule has 4 amide bonds. The molecule has 2 saturated heterocycles. The van der Waals surface area contributed by atoms with Gasteiger partial charge in [0.15, 0.2) is 0 Å². The molecule has 2 heterocycles. The van der Waals surface area contributed by atoms with Crippen molar-refractivity contribution in [3.05, 3.63) is 108 Å². The molecule has 2 fully saturated rings. The van der Waals surface area contributed by atoms with E-state index < -0.39 is 22.5 Å². The van der Waals surface area contributed by atoms with Gasteiger partial charge < -0.3 is 15.1 Å². The highest BCUT2D eigenvalue weighted by Crippen LogP contribution is 2.37. The number of hydrazine groups is 1. The maximum atomic E-state index is 14.1. The molecular weight excluding hydrogens is 585 g/mol. The van der Waals surface area contributed by atoms with Gasteiger partial charge in [-0.15, -0.1) is 23.2 Å². The average molecular weight is 619 g/mol. The maximum absolute atomic E-state index is 14.1. The third-order valence-electron chi connectivity index (χ3n) is 8.46. The van der Waals surface area contributed by atoms with Crippen LogP contribution in [0.1, 0.15) is 24.1 Å². The zero-order valence-corrected chi connectivity index (χ0v) is 25.5. The number of urea groups is 1. The lowest BCUT2D eigenvalue weighted by atomic mass is 9.97. The Balaban J connectivity index is 1.26. The smallest absolute Gasteiger partial charge is 0.332 e. The van der Waals surface area contributed by atoms with Crippen LogP contribution in [0.5, 0.6) is 0 Å². The Morgan fingerprint density at radius 2 is 1.77 bits per heavy atom. The fourth-order valence-corrected chi connectivity index (χ4v) is 6.39. The Morgan fingerprint density at radius 3 is 2.53 bits per heavy atom. The molecule has 1 N–H and O–H groups in total. The van der Waals surface area contributed by atoms with Crippen molar-refractivity contribution < 1.29 is 14.4 Å². The molecule has 6 rings (SSSR count). The van der Waals surface area contributed by atoms with Crippen LogP contribution in [0.4, 0.5) is 4.79 Å². The highest BCUT2D eigenvalue weighted by molar-refractivity contribution is 6.34. The maximum Gasteiger partial charge on any atom is 0.332 e. The lowest BCUT2D eigenvalue weighted by Crippen LogP contribution is -2.62. The summed E-state index contributed by atoms with van der Waals surface area (Å²) < 4.78 is 0. The molecule has 3 aromatic carbocycles. The largest absolute Gasteiger partial charge is 0.333 e. The Bertz CT molecular complexity index is 1620. The van der Waals surface area contributed by atoms with Crippen molar-refractivity contribution in [2.24, 2.45) is 0 Å². The van der Waals surface area contributed by atoms with Crippen LogP contribution in [0.15, 0.2) is 96.6 Å². The van der Waals surface area contributed by atoms with Gasteiger partial charge in [-0.2, -0.15) is 5.01 Å². The summed E-state index contributed by atoms with van der Waals surface area (Å²) >= 11 is 12.8. The molecule has 1 aliphatic carbocycles. The summed E-state index contributed by atoms with van der Waals surface area (Å²) in [6.45, 7) is 2.70. The van der Waals surface area contributed by atoms with E-state index in [-0.39, 0.29) is 37.5 Å². The minimum Gasteiger partial charge on any atom is -0.333 e. The summed E-state index contributed by atoms with van der Waals surface area (Å²) in [5, 5.41) is 7.86. The van der Waals surface area contributed by atoms with Crippen LogP contribution in [-0.4, -0.2) is 80.8 Å². The van der Waals surface area contributed by atoms with E-state index in [4.69, 9.17) is 23.2 Å². The van der Waals surface area contributed by atoms with E-state index in [0.29, 0.717) is 6.54 Å². The predicted molar refractivity (Wildman–Crippen MR) is 168 cm³/mol. The van der Waals surface area contributed by atoms with Crippen molar-refractivity contribution in [1.29, 1.82) is 0 Å². The highest BCUT2D eigenvalue weighted by Gasteiger charge is 2.52. The molecule has 222 valence electrons. The van der Waals surface area contributed by atoms with Crippen molar-refractivity contribution in [2.75, 3.05) is 26.7 Å². The van der Waals surface area contributed by atoms with Gasteiger partial charge in [-0.1, -0.05) is 91.0 Å². The number of hydrogen-bond donors (Lipinski definition) is 1. The molecule has 0 aromatic heterocycles. The van der Waals surface area contributed by atoms with E-state index in [1.54, 1.807) is 21.9 Å². The molecule has 3 aromatic rings. The molecule has 43 heavy (non-hydrogen) atoms. The third-order valence-corrected chi connectivity index (χ3v) is 9.51. The van der Waals surface area contributed by atoms with Crippen LogP contribution < -0.4 is 5.32 Å². The number of nitrogens with zero attached hydrogens (tertiary/aromatic N) is 4. The zero-order valence-electron chi connectivity index (χ0n) is 24.0. The van der Waals surface area contributed by atoms with E-state index in [2.05, 4.69) is 23.5 Å². The standard InChI is InChI=1S/C33H33Cl2N5O3/c1-33(35)16-15-22(17-27(33)34)18-36-32(43)37(2)39-21-29(41)40-28(39)20-38(31(42)30(40)24-10-4-3-5-11-24)19-25-13-8-12-23-9-6-7-14-26(23)25/h3-17,27-28,30H,18-21H2,1-2H3,(H,36,43)/t27?,28-,30+,33?/m1/s1. The van der Waals surface area contributed by atoms with Crippen LogP contribution in [0.2, 0.25) is 0 Å². The van der Waals surface area contributed by atoms with Gasteiger partial charge in [0.25, 0.3) is 5.91 Å². The molecule has 10 heteroatoms. The molecule has 0 spiro atoms. The monoisotopic (exact) mass is 617 g/mol. The van der Waals surface area contributed by atoms with Crippen LogP contribution in [0, 0.1) is 0 Å². The first-order chi connectivity index (χ1) is 20.6. The third kappa shape index (κ3) is 5.62. The molecular formula is C33H33Cl2N5O3. The van der Waals surface area contributed by atoms with Gasteiger partial charge in [0.05, 0.1) is 23.3 Å². The van der Waals surface area contributed by atoms with Crippen molar-refractivity contribution >= 4 is 51.8 Å². The number of carbonyl (C=O) groups excluding carboxylic acids is 3. The van der Waals surface area contributed by atoms with Gasteiger partial charge >= 0.3 is 6.03 Å². The lowest BCUT2D eigenvalue weighted by molar-refractivity contribution is -0.157. The summed E-state index contributed by atoms with van der Waals surface area (Å²) in [7, 11) is 1.64. The van der Waals surface area contributed by atoms with Gasteiger partial charge in [-0.05, 0) is 34.4 Å². The first-order valence-corrected chi connectivity index (χ1v) is 15.1. The number of halogens is 2. The number of nitrogens with one attached hydrogen (secondary N) is 1. The van der Waals surface area contributed by atoms with Gasteiger partial charge in [0.1, 0.15) is 12.2 Å². The molecule has 0 saturated carbocycles. The number of amides is 4. The van der Waals surface area contributed by atoms with E-state index in [1.807, 2.05) is 79.7 Å². The Labute approximate surface area is 261 Å². The fraction of sp³-hybridized carbons (Fsp3) is 0.303. The lowest BCUT2D eigenvalue weighted by Gasteiger charge is -2.46. The Hall–Kier alpha value is -3.85. The number of allylic oxidation sites excluding steroid dienone is 2. The zero-order chi connectivity index (χ0) is 30.3. The molecule has 2 aliphatic heterocycles. The second-order valence-electron chi connectivity index (χ2n) is 11.4. The second-order valence-corrected chi connectivity index (χ2v) is 12.6. The van der Waals surface area contributed by atoms with Crippen molar-refractivity contribution in [3.63, 3.8) is 0 Å². The summed E-state index contributed by atoms with van der Waals surface area (Å²) in [5.74, 6) is -0.350. The summed E-state index contributed by atoms with van der Waals surface area (Å²) in [5.41, 5.74) is 2.60. The van der Waals surface area contributed by atoms with Crippen molar-refractivity contribution in [2.45, 2.75) is 35.9 Å². The van der Waals surface area contributed by atoms with Crippen LogP contribution in [0.3, 0.4) is 0 Å². The predicted octanol–water partition coefficient (Wildman–Crippen LogP) is 5.05.